The van der Waals surface area contributed by atoms with Crippen molar-refractivity contribution in [1.82, 2.24) is 15.2 Å². The Morgan fingerprint density at radius 3 is 2.57 bits per heavy atom. The zero-order valence-corrected chi connectivity index (χ0v) is 20.2. The van der Waals surface area contributed by atoms with Gasteiger partial charge in [-0.05, 0) is 35.9 Å². The van der Waals surface area contributed by atoms with E-state index in [1.54, 1.807) is 19.2 Å². The minimum Gasteiger partial charge on any atom is -0.496 e. The molecule has 0 bridgehead atoms. The summed E-state index contributed by atoms with van der Waals surface area (Å²) in [5, 5.41) is 39.6. The Hall–Kier alpha value is -4.83. The molecule has 0 aliphatic rings. The number of para-hydroxylation sites is 1. The van der Waals surface area contributed by atoms with Crippen molar-refractivity contribution < 1.29 is 14.8 Å². The van der Waals surface area contributed by atoms with Gasteiger partial charge in [-0.25, -0.2) is 0 Å². The van der Waals surface area contributed by atoms with Crippen molar-refractivity contribution in [3.05, 3.63) is 99.1 Å². The molecule has 37 heavy (non-hydrogen) atoms. The maximum atomic E-state index is 11.2. The summed E-state index contributed by atoms with van der Waals surface area (Å²) in [6.45, 7) is 0. The number of benzene rings is 3. The molecule has 0 radical (unpaired) electrons. The monoisotopic (exact) mass is 514 g/mol. The Morgan fingerprint density at radius 2 is 1.81 bits per heavy atom. The first-order valence-corrected chi connectivity index (χ1v) is 11.5. The molecule has 0 aliphatic carbocycles. The van der Waals surface area contributed by atoms with Gasteiger partial charge in [-0.15, -0.1) is 20.4 Å². The molecule has 3 aromatic carbocycles. The second-order valence-corrected chi connectivity index (χ2v) is 8.52. The van der Waals surface area contributed by atoms with Crippen LogP contribution in [-0.2, 0) is 6.42 Å². The summed E-state index contributed by atoms with van der Waals surface area (Å²) < 4.78 is 5.50. The van der Waals surface area contributed by atoms with E-state index in [0.717, 1.165) is 11.1 Å². The van der Waals surface area contributed by atoms with Crippen LogP contribution in [0.15, 0.2) is 83.0 Å². The SMILES string of the molecule is COc1ccccc1Cc1cc(-c2ccc(Cl)cc2)nnc1N=Nc1c(O)[nH]c2ccc([N+](=O)[O-])cc12. The summed E-state index contributed by atoms with van der Waals surface area (Å²) >= 11 is 6.03. The van der Waals surface area contributed by atoms with Crippen molar-refractivity contribution >= 4 is 39.7 Å². The highest BCUT2D eigenvalue weighted by Crippen LogP contribution is 2.38. The van der Waals surface area contributed by atoms with Crippen LogP contribution < -0.4 is 4.74 Å². The second-order valence-electron chi connectivity index (χ2n) is 8.08. The minimum atomic E-state index is -0.517. The highest BCUT2D eigenvalue weighted by atomic mass is 35.5. The van der Waals surface area contributed by atoms with Crippen molar-refractivity contribution in [2.75, 3.05) is 7.11 Å². The van der Waals surface area contributed by atoms with E-state index in [0.29, 0.717) is 39.4 Å². The summed E-state index contributed by atoms with van der Waals surface area (Å²) in [5.74, 6) is 0.663. The fraction of sp³-hybridized carbons (Fsp3) is 0.0769. The van der Waals surface area contributed by atoms with E-state index >= 15 is 0 Å². The van der Waals surface area contributed by atoms with Gasteiger partial charge in [0.15, 0.2) is 11.5 Å². The van der Waals surface area contributed by atoms with Gasteiger partial charge in [0.2, 0.25) is 5.88 Å². The highest BCUT2D eigenvalue weighted by Gasteiger charge is 2.16. The summed E-state index contributed by atoms with van der Waals surface area (Å²) in [6.07, 6.45) is 0.416. The lowest BCUT2D eigenvalue weighted by Gasteiger charge is -2.10. The number of aromatic amines is 1. The van der Waals surface area contributed by atoms with Gasteiger partial charge >= 0.3 is 0 Å². The van der Waals surface area contributed by atoms with Gasteiger partial charge in [-0.2, -0.15) is 0 Å². The molecule has 10 nitrogen and oxygen atoms in total. The molecule has 2 heterocycles. The first-order chi connectivity index (χ1) is 17.9. The standard InChI is InChI=1S/C26H19ClN6O4/c1-37-23-5-3-2-4-16(23)12-17-13-22(15-6-8-18(27)9-7-15)29-31-25(17)32-30-24-20-14-19(33(35)36)10-11-21(20)28-26(24)34/h2-11,13-14,28,34H,12H2,1H3. The molecule has 11 heteroatoms. The number of aromatic hydroxyl groups is 1. The molecule has 0 unspecified atom stereocenters. The van der Waals surface area contributed by atoms with E-state index in [2.05, 4.69) is 25.4 Å². The van der Waals surface area contributed by atoms with Crippen molar-refractivity contribution in [3.63, 3.8) is 0 Å². The lowest BCUT2D eigenvalue weighted by molar-refractivity contribution is -0.384. The third kappa shape index (κ3) is 4.95. The van der Waals surface area contributed by atoms with E-state index < -0.39 is 4.92 Å². The Kier molecular flexibility index (Phi) is 6.48. The van der Waals surface area contributed by atoms with E-state index in [-0.39, 0.29) is 23.1 Å². The van der Waals surface area contributed by atoms with Gasteiger partial charge in [0.1, 0.15) is 5.75 Å². The molecule has 5 rings (SSSR count). The minimum absolute atomic E-state index is 0.0607. The molecule has 0 amide bonds. The molecule has 0 fully saturated rings. The molecule has 0 aliphatic heterocycles. The van der Waals surface area contributed by atoms with Crippen LogP contribution in [0.2, 0.25) is 5.02 Å². The second kappa shape index (κ2) is 10.0. The number of rotatable bonds is 7. The smallest absolute Gasteiger partial charge is 0.270 e. The number of aromatic nitrogens is 3. The summed E-state index contributed by atoms with van der Waals surface area (Å²) in [7, 11) is 1.60. The number of H-pyrrole nitrogens is 1. The van der Waals surface area contributed by atoms with Crippen molar-refractivity contribution in [1.29, 1.82) is 0 Å². The zero-order valence-electron chi connectivity index (χ0n) is 19.4. The van der Waals surface area contributed by atoms with Crippen LogP contribution >= 0.6 is 11.6 Å². The van der Waals surface area contributed by atoms with Gasteiger partial charge < -0.3 is 14.8 Å². The third-order valence-corrected chi connectivity index (χ3v) is 6.01. The predicted molar refractivity (Wildman–Crippen MR) is 139 cm³/mol. The van der Waals surface area contributed by atoms with Crippen LogP contribution in [0.3, 0.4) is 0 Å². The molecule has 5 aromatic rings. The Balaban J connectivity index is 1.59. The fourth-order valence-electron chi connectivity index (χ4n) is 3.92. The van der Waals surface area contributed by atoms with Gasteiger partial charge in [0.25, 0.3) is 5.69 Å². The number of azo groups is 1. The zero-order chi connectivity index (χ0) is 25.9. The van der Waals surface area contributed by atoms with Crippen LogP contribution in [0.4, 0.5) is 17.2 Å². The van der Waals surface area contributed by atoms with Gasteiger partial charge in [0, 0.05) is 40.1 Å². The molecular formula is C26H19ClN6O4. The normalized spacial score (nSPS) is 11.3. The third-order valence-electron chi connectivity index (χ3n) is 5.76. The van der Waals surface area contributed by atoms with Gasteiger partial charge in [0.05, 0.1) is 23.2 Å². The molecule has 2 aromatic heterocycles. The molecule has 0 saturated heterocycles. The number of hydrogen-bond acceptors (Lipinski definition) is 8. The average Bonchev–Trinajstić information content (AvgIpc) is 3.22. The lowest BCUT2D eigenvalue weighted by atomic mass is 10.0. The number of ether oxygens (including phenoxy) is 1. The van der Waals surface area contributed by atoms with Crippen molar-refractivity contribution in [3.8, 4) is 22.9 Å². The van der Waals surface area contributed by atoms with E-state index in [9.17, 15) is 15.2 Å². The maximum Gasteiger partial charge on any atom is 0.270 e. The van der Waals surface area contributed by atoms with Crippen LogP contribution in [0.5, 0.6) is 11.6 Å². The Morgan fingerprint density at radius 1 is 1.03 bits per heavy atom. The lowest BCUT2D eigenvalue weighted by Crippen LogP contribution is -1.98. The quantitative estimate of drug-likeness (QED) is 0.137. The summed E-state index contributed by atoms with van der Waals surface area (Å²) in [4.78, 5) is 13.5. The van der Waals surface area contributed by atoms with Crippen LogP contribution in [0, 0.1) is 10.1 Å². The van der Waals surface area contributed by atoms with Crippen LogP contribution in [-0.4, -0.2) is 32.3 Å². The van der Waals surface area contributed by atoms with Crippen LogP contribution in [0.1, 0.15) is 11.1 Å². The summed E-state index contributed by atoms with van der Waals surface area (Å²) in [6, 6.07) is 20.8. The first kappa shape index (κ1) is 23.9. The Labute approximate surface area is 215 Å². The first-order valence-electron chi connectivity index (χ1n) is 11.1. The molecule has 0 atom stereocenters. The molecule has 184 valence electrons. The van der Waals surface area contributed by atoms with Crippen molar-refractivity contribution in [2.45, 2.75) is 6.42 Å². The largest absolute Gasteiger partial charge is 0.496 e. The Bertz CT molecular complexity index is 1650. The van der Waals surface area contributed by atoms with E-state index in [1.807, 2.05) is 42.5 Å². The maximum absolute atomic E-state index is 11.2. The van der Waals surface area contributed by atoms with Crippen LogP contribution in [0.25, 0.3) is 22.2 Å². The molecule has 2 N–H and O–H groups in total. The topological polar surface area (TPSA) is 139 Å². The number of nitrogens with one attached hydrogen (secondary N) is 1. The number of non-ortho nitro benzene ring substituents is 1. The number of methoxy groups -OCH3 is 1. The number of nitro groups is 1. The highest BCUT2D eigenvalue weighted by molar-refractivity contribution is 6.30. The van der Waals surface area contributed by atoms with E-state index in [4.69, 9.17) is 16.3 Å². The number of nitrogens with zero attached hydrogens (tertiary/aromatic N) is 5. The average molecular weight is 515 g/mol. The fourth-order valence-corrected chi connectivity index (χ4v) is 4.04. The number of halogens is 1. The summed E-state index contributed by atoms with van der Waals surface area (Å²) in [5.41, 5.74) is 3.46. The molecule has 0 saturated carbocycles. The molecular weight excluding hydrogens is 496 g/mol. The van der Waals surface area contributed by atoms with Gasteiger partial charge in [-0.1, -0.05) is 41.9 Å². The van der Waals surface area contributed by atoms with Crippen molar-refractivity contribution in [2.24, 2.45) is 10.2 Å². The van der Waals surface area contributed by atoms with E-state index in [1.165, 1.54) is 18.2 Å². The number of hydrogen-bond donors (Lipinski definition) is 2. The predicted octanol–water partition coefficient (Wildman–Crippen LogP) is 6.91. The number of fused-ring (bicyclic) bond motifs is 1. The molecule has 0 spiro atoms. The van der Waals surface area contributed by atoms with Gasteiger partial charge in [-0.3, -0.25) is 10.1 Å². The number of nitro benzene ring substituents is 1.